The van der Waals surface area contributed by atoms with Crippen LogP contribution in [-0.2, 0) is 14.3 Å². The number of rotatable bonds is 8. The number of carbonyl (C=O) groups is 2. The molecule has 1 N–H and O–H groups in total. The van der Waals surface area contributed by atoms with E-state index in [1.807, 2.05) is 43.0 Å². The number of carbonyl (C=O) groups excluding carboxylic acids is 2. The molecule has 6 nitrogen and oxygen atoms in total. The number of piperidine rings is 1. The zero-order valence-electron chi connectivity index (χ0n) is 16.8. The molecule has 1 atom stereocenters. The second-order valence-electron chi connectivity index (χ2n) is 7.54. The van der Waals surface area contributed by atoms with Gasteiger partial charge in [0, 0.05) is 39.5 Å². The van der Waals surface area contributed by atoms with Crippen molar-refractivity contribution < 1.29 is 19.4 Å². The van der Waals surface area contributed by atoms with Gasteiger partial charge in [0.25, 0.3) is 11.8 Å². The van der Waals surface area contributed by atoms with E-state index in [2.05, 4.69) is 0 Å². The number of hydrogen-bond donors (Lipinski definition) is 1. The molecular formula is C22H30N2O4. The van der Waals surface area contributed by atoms with Crippen molar-refractivity contribution in [2.75, 3.05) is 39.5 Å². The van der Waals surface area contributed by atoms with Crippen LogP contribution in [-0.4, -0.2) is 66.2 Å². The van der Waals surface area contributed by atoms with E-state index in [0.717, 1.165) is 30.5 Å². The number of nitrogens with zero attached hydrogens (tertiary/aromatic N) is 2. The lowest BCUT2D eigenvalue weighted by atomic mass is 9.96. The summed E-state index contributed by atoms with van der Waals surface area (Å²) in [6.07, 6.45) is 2.47. The Balaban J connectivity index is 1.92. The van der Waals surface area contributed by atoms with E-state index in [9.17, 15) is 14.7 Å². The van der Waals surface area contributed by atoms with Gasteiger partial charge in [-0.1, -0.05) is 29.8 Å². The van der Waals surface area contributed by atoms with Crippen LogP contribution in [0.2, 0.25) is 0 Å². The van der Waals surface area contributed by atoms with Gasteiger partial charge in [0.15, 0.2) is 0 Å². The first-order valence-electron chi connectivity index (χ1n) is 10.2. The third kappa shape index (κ3) is 4.28. The van der Waals surface area contributed by atoms with Crippen molar-refractivity contribution in [2.45, 2.75) is 33.1 Å². The van der Waals surface area contributed by atoms with E-state index in [1.165, 1.54) is 4.90 Å². The molecule has 28 heavy (non-hydrogen) atoms. The highest BCUT2D eigenvalue weighted by molar-refractivity contribution is 6.35. The highest BCUT2D eigenvalue weighted by Crippen LogP contribution is 2.34. The van der Waals surface area contributed by atoms with Crippen LogP contribution in [0.15, 0.2) is 30.0 Å². The molecule has 0 spiro atoms. The molecule has 0 aromatic heterocycles. The molecule has 152 valence electrons. The Morgan fingerprint density at radius 3 is 2.61 bits per heavy atom. The summed E-state index contributed by atoms with van der Waals surface area (Å²) in [5, 5.41) is 9.58. The molecule has 3 rings (SSSR count). The third-order valence-corrected chi connectivity index (χ3v) is 5.45. The number of hydrogen-bond acceptors (Lipinski definition) is 5. The minimum Gasteiger partial charge on any atom is -0.396 e. The van der Waals surface area contributed by atoms with Crippen molar-refractivity contribution in [3.63, 3.8) is 0 Å². The Morgan fingerprint density at radius 1 is 1.18 bits per heavy atom. The first-order chi connectivity index (χ1) is 13.6. The van der Waals surface area contributed by atoms with Crippen LogP contribution in [0.5, 0.6) is 0 Å². The first kappa shape index (κ1) is 20.6. The number of aliphatic hydroxyl groups excluding tert-OH is 1. The predicted octanol–water partition coefficient (Wildman–Crippen LogP) is 2.21. The van der Waals surface area contributed by atoms with Crippen LogP contribution in [0.3, 0.4) is 0 Å². The second kappa shape index (κ2) is 9.34. The normalized spacial score (nSPS) is 20.5. The van der Waals surface area contributed by atoms with E-state index in [-0.39, 0.29) is 24.3 Å². The summed E-state index contributed by atoms with van der Waals surface area (Å²) in [4.78, 5) is 29.8. The van der Waals surface area contributed by atoms with Crippen LogP contribution in [0, 0.1) is 12.8 Å². The van der Waals surface area contributed by atoms with Crippen molar-refractivity contribution in [3.05, 3.63) is 41.1 Å². The quantitative estimate of drug-likeness (QED) is 0.548. The smallest absolute Gasteiger partial charge is 0.277 e. The number of likely N-dealkylation sites (tertiary alicyclic amines) is 1. The van der Waals surface area contributed by atoms with Crippen molar-refractivity contribution >= 4 is 17.4 Å². The van der Waals surface area contributed by atoms with Gasteiger partial charge < -0.3 is 14.7 Å². The molecule has 1 unspecified atom stereocenters. The Morgan fingerprint density at radius 2 is 1.93 bits per heavy atom. The van der Waals surface area contributed by atoms with E-state index in [4.69, 9.17) is 4.74 Å². The van der Waals surface area contributed by atoms with Gasteiger partial charge in [-0.2, -0.15) is 0 Å². The molecule has 1 aromatic carbocycles. The lowest BCUT2D eigenvalue weighted by Gasteiger charge is -2.34. The minimum absolute atomic E-state index is 0.101. The van der Waals surface area contributed by atoms with E-state index in [1.54, 1.807) is 0 Å². The van der Waals surface area contributed by atoms with Crippen LogP contribution in [0.1, 0.15) is 37.3 Å². The summed E-state index contributed by atoms with van der Waals surface area (Å²) in [5.74, 6) is -0.322. The third-order valence-electron chi connectivity index (χ3n) is 5.45. The molecule has 1 fully saturated rings. The SMILES string of the molecule is CCOCCCN1C(=O)C(c2ccc(C)cc2)=C(N2CCCC(CO)C2)C1=O. The number of ether oxygens (including phenoxy) is 1. The fourth-order valence-corrected chi connectivity index (χ4v) is 3.93. The molecule has 2 aliphatic rings. The maximum Gasteiger partial charge on any atom is 0.277 e. The molecule has 0 saturated carbocycles. The second-order valence-corrected chi connectivity index (χ2v) is 7.54. The molecular weight excluding hydrogens is 356 g/mol. The summed E-state index contributed by atoms with van der Waals surface area (Å²) >= 11 is 0. The maximum absolute atomic E-state index is 13.2. The standard InChI is InChI=1S/C22H30N2O4/c1-3-28-13-5-12-24-21(26)19(18-9-7-16(2)8-10-18)20(22(24)27)23-11-4-6-17(14-23)15-25/h7-10,17,25H,3-6,11-15H2,1-2H3. The van der Waals surface area contributed by atoms with Gasteiger partial charge in [-0.25, -0.2) is 0 Å². The van der Waals surface area contributed by atoms with Crippen molar-refractivity contribution in [1.29, 1.82) is 0 Å². The molecule has 0 aliphatic carbocycles. The molecule has 1 aromatic rings. The van der Waals surface area contributed by atoms with Crippen LogP contribution in [0.4, 0.5) is 0 Å². The molecule has 2 aliphatic heterocycles. The molecule has 1 saturated heterocycles. The summed E-state index contributed by atoms with van der Waals surface area (Å²) < 4.78 is 5.36. The van der Waals surface area contributed by atoms with E-state index >= 15 is 0 Å². The number of benzene rings is 1. The minimum atomic E-state index is -0.230. The van der Waals surface area contributed by atoms with E-state index < -0.39 is 0 Å². The largest absolute Gasteiger partial charge is 0.396 e. The van der Waals surface area contributed by atoms with Crippen molar-refractivity contribution in [1.82, 2.24) is 9.80 Å². The average Bonchev–Trinajstić information content (AvgIpc) is 2.96. The average molecular weight is 386 g/mol. The maximum atomic E-state index is 13.2. The zero-order chi connectivity index (χ0) is 20.1. The Kier molecular flexibility index (Phi) is 6.86. The Bertz CT molecular complexity index is 741. The van der Waals surface area contributed by atoms with E-state index in [0.29, 0.717) is 44.0 Å². The topological polar surface area (TPSA) is 70.1 Å². The first-order valence-corrected chi connectivity index (χ1v) is 10.2. The molecule has 6 heteroatoms. The van der Waals surface area contributed by atoms with Crippen molar-refractivity contribution in [3.8, 4) is 0 Å². The van der Waals surface area contributed by atoms with Gasteiger partial charge in [-0.05, 0) is 44.6 Å². The van der Waals surface area contributed by atoms with Gasteiger partial charge in [0.1, 0.15) is 5.70 Å². The monoisotopic (exact) mass is 386 g/mol. The number of aryl methyl sites for hydroxylation is 1. The highest BCUT2D eigenvalue weighted by Gasteiger charge is 2.42. The zero-order valence-corrected chi connectivity index (χ0v) is 16.8. The van der Waals surface area contributed by atoms with Crippen LogP contribution in [0.25, 0.3) is 5.57 Å². The van der Waals surface area contributed by atoms with Crippen LogP contribution >= 0.6 is 0 Å². The number of amides is 2. The molecule has 0 bridgehead atoms. The van der Waals surface area contributed by atoms with Gasteiger partial charge in [-0.15, -0.1) is 0 Å². The summed E-state index contributed by atoms with van der Waals surface area (Å²) in [6.45, 7) is 6.86. The molecule has 2 amide bonds. The lowest BCUT2D eigenvalue weighted by Crippen LogP contribution is -2.40. The summed E-state index contributed by atoms with van der Waals surface area (Å²) in [6, 6.07) is 7.74. The van der Waals surface area contributed by atoms with Gasteiger partial charge in [0.2, 0.25) is 0 Å². The summed E-state index contributed by atoms with van der Waals surface area (Å²) in [5.41, 5.74) is 2.86. The highest BCUT2D eigenvalue weighted by atomic mass is 16.5. The fourth-order valence-electron chi connectivity index (χ4n) is 3.93. The summed E-state index contributed by atoms with van der Waals surface area (Å²) in [7, 11) is 0. The Labute approximate surface area is 166 Å². The van der Waals surface area contributed by atoms with Crippen molar-refractivity contribution in [2.24, 2.45) is 5.92 Å². The Hall–Kier alpha value is -2.18. The fraction of sp³-hybridized carbons (Fsp3) is 0.545. The van der Waals surface area contributed by atoms with Crippen LogP contribution < -0.4 is 0 Å². The number of imide groups is 1. The number of aliphatic hydroxyl groups is 1. The van der Waals surface area contributed by atoms with Gasteiger partial charge in [0.05, 0.1) is 5.57 Å². The predicted molar refractivity (Wildman–Crippen MR) is 107 cm³/mol. The van der Waals surface area contributed by atoms with Gasteiger partial charge >= 0.3 is 0 Å². The van der Waals surface area contributed by atoms with Gasteiger partial charge in [-0.3, -0.25) is 14.5 Å². The molecule has 0 radical (unpaired) electrons. The lowest BCUT2D eigenvalue weighted by molar-refractivity contribution is -0.137. The molecule has 2 heterocycles.